The molecule has 1 atom stereocenters. The average molecular weight is 610 g/mol. The molecule has 5 rings (SSSR count). The summed E-state index contributed by atoms with van der Waals surface area (Å²) < 4.78 is 81.1. The van der Waals surface area contributed by atoms with E-state index < -0.39 is 41.0 Å². The maximum absolute atomic E-state index is 13.6. The number of aromatic amines is 1. The highest BCUT2D eigenvalue weighted by Gasteiger charge is 2.39. The topological polar surface area (TPSA) is 71.7 Å². The van der Waals surface area contributed by atoms with Crippen LogP contribution in [0.3, 0.4) is 0 Å². The zero-order valence-corrected chi connectivity index (χ0v) is 23.4. The number of aromatic nitrogens is 1. The fourth-order valence-electron chi connectivity index (χ4n) is 5.92. The Hall–Kier alpha value is -3.58. The highest BCUT2D eigenvalue weighted by molar-refractivity contribution is 5.95. The molecule has 2 saturated heterocycles. The Morgan fingerprint density at radius 1 is 0.884 bits per heavy atom. The van der Waals surface area contributed by atoms with E-state index in [0.717, 1.165) is 48.9 Å². The normalized spacial score (nSPS) is 18.8. The van der Waals surface area contributed by atoms with Crippen molar-refractivity contribution in [3.05, 3.63) is 70.9 Å². The van der Waals surface area contributed by atoms with Crippen molar-refractivity contribution in [3.63, 3.8) is 0 Å². The van der Waals surface area contributed by atoms with Gasteiger partial charge in [-0.1, -0.05) is 18.2 Å². The third-order valence-electron chi connectivity index (χ3n) is 8.11. The predicted molar refractivity (Wildman–Crippen MR) is 148 cm³/mol. The van der Waals surface area contributed by atoms with Crippen LogP contribution in [0.1, 0.15) is 39.9 Å². The van der Waals surface area contributed by atoms with Gasteiger partial charge in [0.15, 0.2) is 0 Å². The lowest BCUT2D eigenvalue weighted by atomic mass is 9.98. The maximum atomic E-state index is 13.6. The number of nitrogens with zero attached hydrogens (tertiary/aromatic N) is 3. The number of fused-ring (bicyclic) bond motifs is 1. The third kappa shape index (κ3) is 7.50. The molecule has 13 heteroatoms. The number of halogens is 6. The van der Waals surface area contributed by atoms with Gasteiger partial charge in [0.05, 0.1) is 17.7 Å². The van der Waals surface area contributed by atoms with Gasteiger partial charge in [0, 0.05) is 61.4 Å². The minimum absolute atomic E-state index is 0.0144. The van der Waals surface area contributed by atoms with Gasteiger partial charge in [-0.2, -0.15) is 26.3 Å². The van der Waals surface area contributed by atoms with Crippen molar-refractivity contribution in [2.75, 3.05) is 52.4 Å². The molecule has 3 heterocycles. The number of para-hydroxylation sites is 1. The molecule has 2 amide bonds. The molecule has 7 nitrogen and oxygen atoms in total. The molecule has 232 valence electrons. The molecular formula is C30H33F6N5O2. The van der Waals surface area contributed by atoms with E-state index >= 15 is 0 Å². The number of nitrogens with one attached hydrogen (secondary N) is 2. The molecule has 2 aliphatic heterocycles. The third-order valence-corrected chi connectivity index (χ3v) is 8.11. The van der Waals surface area contributed by atoms with Crippen molar-refractivity contribution >= 4 is 22.7 Å². The van der Waals surface area contributed by atoms with Crippen molar-refractivity contribution in [1.82, 2.24) is 25.0 Å². The summed E-state index contributed by atoms with van der Waals surface area (Å²) in [5, 5.41) is 3.81. The van der Waals surface area contributed by atoms with Gasteiger partial charge in [0.25, 0.3) is 5.91 Å². The number of alkyl halides is 6. The molecule has 2 N–H and O–H groups in total. The van der Waals surface area contributed by atoms with Crippen LogP contribution < -0.4 is 5.32 Å². The van der Waals surface area contributed by atoms with E-state index in [0.29, 0.717) is 18.7 Å². The summed E-state index contributed by atoms with van der Waals surface area (Å²) in [5.74, 6) is -1.10. The fraction of sp³-hybridized carbons (Fsp3) is 0.467. The van der Waals surface area contributed by atoms with Gasteiger partial charge >= 0.3 is 12.4 Å². The Morgan fingerprint density at radius 3 is 2.23 bits per heavy atom. The summed E-state index contributed by atoms with van der Waals surface area (Å²) in [4.78, 5) is 35.0. The first-order valence-corrected chi connectivity index (χ1v) is 14.3. The number of likely N-dealkylation sites (tertiary alicyclic amines) is 1. The first kappa shape index (κ1) is 30.9. The lowest BCUT2D eigenvalue weighted by Gasteiger charge is -2.41. The monoisotopic (exact) mass is 609 g/mol. The maximum Gasteiger partial charge on any atom is 0.416 e. The first-order valence-electron chi connectivity index (χ1n) is 14.3. The smallest absolute Gasteiger partial charge is 0.361 e. The summed E-state index contributed by atoms with van der Waals surface area (Å²) in [6.07, 6.45) is -5.78. The first-order chi connectivity index (χ1) is 20.4. The number of rotatable bonds is 8. The van der Waals surface area contributed by atoms with Crippen molar-refractivity contribution in [1.29, 1.82) is 0 Å². The Bertz CT molecular complexity index is 1410. The van der Waals surface area contributed by atoms with Crippen molar-refractivity contribution < 1.29 is 35.9 Å². The Labute approximate surface area is 244 Å². The van der Waals surface area contributed by atoms with Crippen LogP contribution in [0.25, 0.3) is 10.9 Å². The summed E-state index contributed by atoms with van der Waals surface area (Å²) in [7, 11) is 0. The molecule has 2 aliphatic rings. The van der Waals surface area contributed by atoms with E-state index in [1.54, 1.807) is 6.20 Å². The summed E-state index contributed by atoms with van der Waals surface area (Å²) in [5.41, 5.74) is -2.06. The van der Waals surface area contributed by atoms with E-state index in [1.807, 2.05) is 29.2 Å². The molecule has 0 aliphatic carbocycles. The summed E-state index contributed by atoms with van der Waals surface area (Å²) in [6.45, 7) is 3.84. The number of hydrogen-bond acceptors (Lipinski definition) is 4. The second-order valence-corrected chi connectivity index (χ2v) is 11.1. The molecule has 2 aromatic carbocycles. The van der Waals surface area contributed by atoms with Crippen LogP contribution in [0.15, 0.2) is 48.7 Å². The number of amides is 2. The molecule has 0 unspecified atom stereocenters. The van der Waals surface area contributed by atoms with Crippen molar-refractivity contribution in [2.45, 2.75) is 37.7 Å². The van der Waals surface area contributed by atoms with E-state index in [1.165, 1.54) is 4.90 Å². The Balaban J connectivity index is 1.36. The van der Waals surface area contributed by atoms with Crippen LogP contribution in [-0.2, 0) is 23.6 Å². The minimum atomic E-state index is -5.07. The minimum Gasteiger partial charge on any atom is -0.361 e. The SMILES string of the molecule is O=C(CN1CCN(C(=O)c2cc(C(F)(F)F)cc(C(F)(F)F)c2)[C@H](Cc2c[nH]c3ccccc23)C1)NCCN1CCCC1. The van der Waals surface area contributed by atoms with Gasteiger partial charge in [0.2, 0.25) is 5.91 Å². The van der Waals surface area contributed by atoms with Gasteiger partial charge in [0.1, 0.15) is 0 Å². The zero-order valence-electron chi connectivity index (χ0n) is 23.4. The van der Waals surface area contributed by atoms with Crippen molar-refractivity contribution in [3.8, 4) is 0 Å². The van der Waals surface area contributed by atoms with Gasteiger partial charge in [-0.15, -0.1) is 0 Å². The number of hydrogen-bond donors (Lipinski definition) is 2. The second kappa shape index (κ2) is 12.6. The number of benzene rings is 2. The molecule has 1 aromatic heterocycles. The lowest BCUT2D eigenvalue weighted by molar-refractivity contribution is -0.143. The van der Waals surface area contributed by atoms with E-state index in [-0.39, 0.29) is 44.6 Å². The molecule has 2 fully saturated rings. The second-order valence-electron chi connectivity index (χ2n) is 11.1. The van der Waals surface area contributed by atoms with Crippen LogP contribution in [0.5, 0.6) is 0 Å². The quantitative estimate of drug-likeness (QED) is 0.361. The van der Waals surface area contributed by atoms with Gasteiger partial charge < -0.3 is 20.1 Å². The van der Waals surface area contributed by atoms with E-state index in [2.05, 4.69) is 15.2 Å². The lowest BCUT2D eigenvalue weighted by Crippen LogP contribution is -2.57. The Kier molecular flexibility index (Phi) is 9.02. The molecule has 0 radical (unpaired) electrons. The van der Waals surface area contributed by atoms with E-state index in [9.17, 15) is 35.9 Å². The molecule has 3 aromatic rings. The summed E-state index contributed by atoms with van der Waals surface area (Å²) >= 11 is 0. The van der Waals surface area contributed by atoms with Gasteiger partial charge in [-0.25, -0.2) is 0 Å². The van der Waals surface area contributed by atoms with Crippen LogP contribution >= 0.6 is 0 Å². The zero-order chi connectivity index (χ0) is 30.8. The molecule has 0 spiro atoms. The number of H-pyrrole nitrogens is 1. The summed E-state index contributed by atoms with van der Waals surface area (Å²) in [6, 6.07) is 7.83. The highest BCUT2D eigenvalue weighted by Crippen LogP contribution is 2.37. The molecular weight excluding hydrogens is 576 g/mol. The predicted octanol–water partition coefficient (Wildman–Crippen LogP) is 4.79. The van der Waals surface area contributed by atoms with E-state index in [4.69, 9.17) is 0 Å². The number of carbonyl (C=O) groups excluding carboxylic acids is 2. The van der Waals surface area contributed by atoms with Crippen LogP contribution in [0.4, 0.5) is 26.3 Å². The fourth-order valence-corrected chi connectivity index (χ4v) is 5.92. The molecule has 43 heavy (non-hydrogen) atoms. The molecule has 0 saturated carbocycles. The Morgan fingerprint density at radius 2 is 1.56 bits per heavy atom. The van der Waals surface area contributed by atoms with Crippen LogP contribution in [0, 0.1) is 0 Å². The largest absolute Gasteiger partial charge is 0.416 e. The van der Waals surface area contributed by atoms with Gasteiger partial charge in [-0.3, -0.25) is 14.5 Å². The number of piperazine rings is 1. The van der Waals surface area contributed by atoms with Crippen molar-refractivity contribution in [2.24, 2.45) is 0 Å². The number of carbonyl (C=O) groups is 2. The standard InChI is InChI=1S/C30H33F6N5O2/c31-29(32,33)22-13-20(14-23(16-22)30(34,35)36)28(43)41-12-11-40(19-27(42)37-7-10-39-8-3-4-9-39)18-24(41)15-21-17-38-26-6-2-1-5-25(21)26/h1-2,5-6,13-14,16-17,24,38H,3-4,7-12,15,18-19H2,(H,37,42)/t24-/m1/s1. The van der Waals surface area contributed by atoms with Gasteiger partial charge in [-0.05, 0) is 62.2 Å². The van der Waals surface area contributed by atoms with Crippen LogP contribution in [-0.4, -0.2) is 89.9 Å². The highest BCUT2D eigenvalue weighted by atomic mass is 19.4. The van der Waals surface area contributed by atoms with Crippen LogP contribution in [0.2, 0.25) is 0 Å². The average Bonchev–Trinajstić information content (AvgIpc) is 3.62. The molecule has 0 bridgehead atoms.